The Morgan fingerprint density at radius 1 is 1.10 bits per heavy atom. The number of piperazine rings is 1. The van der Waals surface area contributed by atoms with Crippen LogP contribution in [0.25, 0.3) is 0 Å². The summed E-state index contributed by atoms with van der Waals surface area (Å²) < 4.78 is 0. The quantitative estimate of drug-likeness (QED) is 0.926. The molecule has 3 unspecified atom stereocenters. The van der Waals surface area contributed by atoms with Crippen molar-refractivity contribution in [1.82, 2.24) is 9.80 Å². The van der Waals surface area contributed by atoms with Crippen LogP contribution < -0.4 is 0 Å². The summed E-state index contributed by atoms with van der Waals surface area (Å²) in [5, 5.41) is 10.3. The number of hydrogen-bond acceptors (Lipinski definition) is 3. The van der Waals surface area contributed by atoms with Crippen LogP contribution in [-0.2, 0) is 0 Å². The van der Waals surface area contributed by atoms with Crippen LogP contribution in [0.4, 0.5) is 0 Å². The van der Waals surface area contributed by atoms with E-state index in [-0.39, 0.29) is 6.10 Å². The van der Waals surface area contributed by atoms with Gasteiger partial charge in [0.05, 0.1) is 6.10 Å². The summed E-state index contributed by atoms with van der Waals surface area (Å²) in [6.45, 7) is 4.38. The van der Waals surface area contributed by atoms with Crippen LogP contribution in [0.15, 0.2) is 30.3 Å². The zero-order chi connectivity index (χ0) is 14.7. The zero-order valence-electron chi connectivity index (χ0n) is 13.1. The van der Waals surface area contributed by atoms with Crippen LogP contribution in [0.1, 0.15) is 37.3 Å². The Kier molecular flexibility index (Phi) is 4.94. The average molecular weight is 288 g/mol. The van der Waals surface area contributed by atoms with E-state index in [2.05, 4.69) is 47.2 Å². The van der Waals surface area contributed by atoms with Crippen molar-refractivity contribution in [2.45, 2.75) is 37.8 Å². The third-order valence-corrected chi connectivity index (χ3v) is 5.22. The van der Waals surface area contributed by atoms with E-state index < -0.39 is 0 Å². The monoisotopic (exact) mass is 288 g/mol. The van der Waals surface area contributed by atoms with Gasteiger partial charge in [0.1, 0.15) is 0 Å². The first-order valence-corrected chi connectivity index (χ1v) is 8.39. The predicted molar refractivity (Wildman–Crippen MR) is 86.2 cm³/mol. The molecule has 0 spiro atoms. The van der Waals surface area contributed by atoms with E-state index in [0.29, 0.717) is 12.0 Å². The molecule has 2 fully saturated rings. The Bertz CT molecular complexity index is 436. The number of hydrogen-bond donors (Lipinski definition) is 1. The van der Waals surface area contributed by atoms with Gasteiger partial charge in [-0.25, -0.2) is 0 Å². The second-order valence-corrected chi connectivity index (χ2v) is 6.80. The number of aliphatic hydroxyl groups is 1. The first-order valence-electron chi connectivity index (χ1n) is 8.39. The molecule has 21 heavy (non-hydrogen) atoms. The largest absolute Gasteiger partial charge is 0.393 e. The molecule has 1 aromatic carbocycles. The maximum absolute atomic E-state index is 10.3. The van der Waals surface area contributed by atoms with E-state index in [1.165, 1.54) is 24.8 Å². The van der Waals surface area contributed by atoms with Crippen molar-refractivity contribution in [3.63, 3.8) is 0 Å². The van der Waals surface area contributed by atoms with Crippen molar-refractivity contribution in [3.8, 4) is 0 Å². The van der Waals surface area contributed by atoms with E-state index in [4.69, 9.17) is 0 Å². The van der Waals surface area contributed by atoms with Gasteiger partial charge < -0.3 is 10.0 Å². The molecule has 3 heteroatoms. The highest BCUT2D eigenvalue weighted by molar-refractivity contribution is 5.20. The minimum atomic E-state index is -0.0881. The van der Waals surface area contributed by atoms with Crippen LogP contribution in [-0.4, -0.2) is 54.2 Å². The van der Waals surface area contributed by atoms with Crippen LogP contribution >= 0.6 is 0 Å². The Balaban J connectivity index is 1.72. The summed E-state index contributed by atoms with van der Waals surface area (Å²) in [7, 11) is 2.21. The molecular formula is C18H28N2O. The first kappa shape index (κ1) is 15.0. The molecular weight excluding hydrogens is 260 g/mol. The van der Waals surface area contributed by atoms with Crippen LogP contribution in [0.2, 0.25) is 0 Å². The smallest absolute Gasteiger partial charge is 0.0580 e. The summed E-state index contributed by atoms with van der Waals surface area (Å²) in [6.07, 6.45) is 4.58. The van der Waals surface area contributed by atoms with Gasteiger partial charge >= 0.3 is 0 Å². The lowest BCUT2D eigenvalue weighted by molar-refractivity contribution is 0.0144. The summed E-state index contributed by atoms with van der Waals surface area (Å²) in [5.74, 6) is 0.466. The fraction of sp³-hybridized carbons (Fsp3) is 0.667. The third-order valence-electron chi connectivity index (χ3n) is 5.22. The average Bonchev–Trinajstić information content (AvgIpc) is 2.52. The second-order valence-electron chi connectivity index (χ2n) is 6.80. The Hall–Kier alpha value is -0.900. The topological polar surface area (TPSA) is 26.7 Å². The van der Waals surface area contributed by atoms with Gasteiger partial charge in [0.2, 0.25) is 0 Å². The van der Waals surface area contributed by atoms with Gasteiger partial charge in [-0.1, -0.05) is 43.2 Å². The summed E-state index contributed by atoms with van der Waals surface area (Å²) >= 11 is 0. The van der Waals surface area contributed by atoms with E-state index in [9.17, 15) is 5.11 Å². The van der Waals surface area contributed by atoms with Gasteiger partial charge in [-0.2, -0.15) is 0 Å². The van der Waals surface area contributed by atoms with Crippen molar-refractivity contribution in [1.29, 1.82) is 0 Å². The molecule has 1 aromatic rings. The van der Waals surface area contributed by atoms with E-state index in [1.807, 2.05) is 0 Å². The van der Waals surface area contributed by atoms with Crippen molar-refractivity contribution in [3.05, 3.63) is 35.9 Å². The second kappa shape index (κ2) is 6.91. The van der Waals surface area contributed by atoms with Crippen LogP contribution in [0.3, 0.4) is 0 Å². The molecule has 3 atom stereocenters. The van der Waals surface area contributed by atoms with Crippen molar-refractivity contribution in [2.75, 3.05) is 33.2 Å². The van der Waals surface area contributed by atoms with Gasteiger partial charge in [0.25, 0.3) is 0 Å². The normalized spacial score (nSPS) is 32.2. The van der Waals surface area contributed by atoms with E-state index in [1.54, 1.807) is 0 Å². The number of likely N-dealkylation sites (N-methyl/N-ethyl adjacent to an activating group) is 1. The van der Waals surface area contributed by atoms with E-state index >= 15 is 0 Å². The first-order chi connectivity index (χ1) is 10.2. The number of nitrogens with zero attached hydrogens (tertiary/aromatic N) is 2. The maximum Gasteiger partial charge on any atom is 0.0580 e. The molecule has 1 saturated heterocycles. The van der Waals surface area contributed by atoms with Crippen molar-refractivity contribution < 1.29 is 5.11 Å². The molecule has 0 bridgehead atoms. The molecule has 3 rings (SSSR count). The molecule has 3 nitrogen and oxygen atoms in total. The number of benzene rings is 1. The highest BCUT2D eigenvalue weighted by Crippen LogP contribution is 2.30. The van der Waals surface area contributed by atoms with Gasteiger partial charge in [-0.3, -0.25) is 4.90 Å². The minimum Gasteiger partial charge on any atom is -0.393 e. The molecule has 1 aliphatic heterocycles. The standard InChI is InChI=1S/C18H28N2O/c1-19-11-12-20(13-16-9-5-6-10-18(16)21)17(14-19)15-7-3-2-4-8-15/h2-4,7-8,16-18,21H,5-6,9-14H2,1H3. The molecule has 1 aliphatic carbocycles. The highest BCUT2D eigenvalue weighted by Gasteiger charge is 2.31. The fourth-order valence-corrected chi connectivity index (χ4v) is 3.87. The predicted octanol–water partition coefficient (Wildman–Crippen LogP) is 2.53. The Morgan fingerprint density at radius 2 is 1.86 bits per heavy atom. The van der Waals surface area contributed by atoms with Crippen LogP contribution in [0.5, 0.6) is 0 Å². The summed E-state index contributed by atoms with van der Waals surface area (Å²) in [5.41, 5.74) is 1.41. The Morgan fingerprint density at radius 3 is 2.62 bits per heavy atom. The number of rotatable bonds is 3. The number of aliphatic hydroxyl groups excluding tert-OH is 1. The zero-order valence-corrected chi connectivity index (χ0v) is 13.1. The molecule has 1 saturated carbocycles. The molecule has 2 aliphatic rings. The summed E-state index contributed by atoms with van der Waals surface area (Å²) in [6, 6.07) is 11.3. The van der Waals surface area contributed by atoms with Gasteiger partial charge in [0.15, 0.2) is 0 Å². The van der Waals surface area contributed by atoms with Crippen molar-refractivity contribution in [2.24, 2.45) is 5.92 Å². The maximum atomic E-state index is 10.3. The Labute approximate surface area is 128 Å². The molecule has 1 heterocycles. The van der Waals surface area contributed by atoms with E-state index in [0.717, 1.165) is 32.6 Å². The lowest BCUT2D eigenvalue weighted by Gasteiger charge is -2.43. The van der Waals surface area contributed by atoms with Gasteiger partial charge in [0, 0.05) is 32.2 Å². The molecule has 1 N–H and O–H groups in total. The lowest BCUT2D eigenvalue weighted by Crippen LogP contribution is -2.49. The van der Waals surface area contributed by atoms with Gasteiger partial charge in [-0.05, 0) is 31.4 Å². The molecule has 116 valence electrons. The highest BCUT2D eigenvalue weighted by atomic mass is 16.3. The minimum absolute atomic E-state index is 0.0881. The molecule has 0 amide bonds. The molecule has 0 aromatic heterocycles. The lowest BCUT2D eigenvalue weighted by atomic mass is 9.85. The van der Waals surface area contributed by atoms with Crippen molar-refractivity contribution >= 4 is 0 Å². The third kappa shape index (κ3) is 3.65. The fourth-order valence-electron chi connectivity index (χ4n) is 3.87. The SMILES string of the molecule is CN1CCN(CC2CCCCC2O)C(c2ccccc2)C1. The van der Waals surface area contributed by atoms with Gasteiger partial charge in [-0.15, -0.1) is 0 Å². The van der Waals surface area contributed by atoms with Crippen LogP contribution in [0, 0.1) is 5.92 Å². The summed E-state index contributed by atoms with van der Waals surface area (Å²) in [4.78, 5) is 5.03. The molecule has 0 radical (unpaired) electrons.